The monoisotopic (exact) mass is 550 g/mol. The standard InChI is InChI=1S/C33H27FN2O5/c1-20(2)39-24-12-10-21(11-13-24)33(37)40-26-14-15-27-30(17-26)41-32(36)28(18-35)31(27)22-7-5-8-25(16-22)38-19-23-6-3-4-9-29(23)34/h3-17,20,31H,19,36H2,1-2H3. The van der Waals surface area contributed by atoms with Crippen LogP contribution in [0.4, 0.5) is 4.39 Å². The summed E-state index contributed by atoms with van der Waals surface area (Å²) in [6.45, 7) is 3.89. The SMILES string of the molecule is CC(C)Oc1ccc(C(=O)Oc2ccc3c(c2)OC(N)=C(C#N)C3c2cccc(OCc3ccccc3F)c2)cc1. The highest BCUT2D eigenvalue weighted by Gasteiger charge is 2.31. The number of carbonyl (C=O) groups is 1. The highest BCUT2D eigenvalue weighted by atomic mass is 19.1. The number of nitrogens with two attached hydrogens (primary N) is 1. The highest BCUT2D eigenvalue weighted by molar-refractivity contribution is 5.91. The molecule has 1 unspecified atom stereocenters. The number of rotatable bonds is 8. The third kappa shape index (κ3) is 6.15. The van der Waals surface area contributed by atoms with Crippen molar-refractivity contribution in [3.8, 4) is 29.1 Å². The predicted molar refractivity (Wildman–Crippen MR) is 150 cm³/mol. The molecule has 1 aliphatic rings. The van der Waals surface area contributed by atoms with Gasteiger partial charge in [0.05, 0.1) is 17.6 Å². The number of nitrogens with zero attached hydrogens (tertiary/aromatic N) is 1. The minimum absolute atomic E-state index is 0.0176. The Morgan fingerprint density at radius 2 is 1.73 bits per heavy atom. The number of hydrogen-bond acceptors (Lipinski definition) is 7. The molecule has 1 aliphatic heterocycles. The van der Waals surface area contributed by atoms with Crippen LogP contribution in [0.5, 0.6) is 23.0 Å². The quantitative estimate of drug-likeness (QED) is 0.194. The van der Waals surface area contributed by atoms with Crippen LogP contribution < -0.4 is 24.7 Å². The fraction of sp³-hybridized carbons (Fsp3) is 0.152. The fourth-order valence-electron chi connectivity index (χ4n) is 4.51. The number of hydrogen-bond donors (Lipinski definition) is 1. The maximum Gasteiger partial charge on any atom is 0.343 e. The average molecular weight is 551 g/mol. The molecule has 8 heteroatoms. The van der Waals surface area contributed by atoms with Gasteiger partial charge in [-0.25, -0.2) is 9.18 Å². The van der Waals surface area contributed by atoms with Gasteiger partial charge in [-0.2, -0.15) is 5.26 Å². The topological polar surface area (TPSA) is 104 Å². The second-order valence-electron chi connectivity index (χ2n) is 9.66. The zero-order valence-electron chi connectivity index (χ0n) is 22.5. The van der Waals surface area contributed by atoms with Crippen molar-refractivity contribution in [2.75, 3.05) is 0 Å². The average Bonchev–Trinajstić information content (AvgIpc) is 2.96. The van der Waals surface area contributed by atoms with E-state index in [1.165, 1.54) is 6.07 Å². The summed E-state index contributed by atoms with van der Waals surface area (Å²) in [5.74, 6) is 0.269. The molecule has 41 heavy (non-hydrogen) atoms. The lowest BCUT2D eigenvalue weighted by Crippen LogP contribution is -2.21. The van der Waals surface area contributed by atoms with Gasteiger partial charge in [0, 0.05) is 17.2 Å². The zero-order valence-corrected chi connectivity index (χ0v) is 22.5. The van der Waals surface area contributed by atoms with E-state index in [2.05, 4.69) is 6.07 Å². The van der Waals surface area contributed by atoms with E-state index in [9.17, 15) is 14.4 Å². The van der Waals surface area contributed by atoms with Crippen LogP contribution in [0.25, 0.3) is 0 Å². The lowest BCUT2D eigenvalue weighted by atomic mass is 9.83. The van der Waals surface area contributed by atoms with Crippen LogP contribution in [0.15, 0.2) is 102 Å². The van der Waals surface area contributed by atoms with E-state index < -0.39 is 11.9 Å². The molecule has 5 rings (SSSR count). The van der Waals surface area contributed by atoms with Gasteiger partial charge in [0.1, 0.15) is 47.1 Å². The Hall–Kier alpha value is -5.29. The molecular weight excluding hydrogens is 523 g/mol. The van der Waals surface area contributed by atoms with Gasteiger partial charge in [0.2, 0.25) is 5.88 Å². The van der Waals surface area contributed by atoms with Gasteiger partial charge in [-0.15, -0.1) is 0 Å². The lowest BCUT2D eigenvalue weighted by molar-refractivity contribution is 0.0734. The van der Waals surface area contributed by atoms with Gasteiger partial charge in [-0.05, 0) is 67.9 Å². The van der Waals surface area contributed by atoms with Gasteiger partial charge in [-0.1, -0.05) is 36.4 Å². The van der Waals surface area contributed by atoms with Gasteiger partial charge in [0.15, 0.2) is 0 Å². The van der Waals surface area contributed by atoms with Crippen molar-refractivity contribution in [1.29, 1.82) is 5.26 Å². The number of halogens is 1. The Kier molecular flexibility index (Phi) is 7.88. The van der Waals surface area contributed by atoms with Gasteiger partial charge in [-0.3, -0.25) is 0 Å². The number of benzene rings is 4. The minimum atomic E-state index is -0.556. The second kappa shape index (κ2) is 11.8. The first-order chi connectivity index (χ1) is 19.8. The minimum Gasteiger partial charge on any atom is -0.491 e. The predicted octanol–water partition coefficient (Wildman–Crippen LogP) is 6.63. The third-order valence-electron chi connectivity index (χ3n) is 6.41. The Labute approximate surface area is 237 Å². The summed E-state index contributed by atoms with van der Waals surface area (Å²) in [7, 11) is 0. The van der Waals surface area contributed by atoms with E-state index in [-0.39, 0.29) is 35.7 Å². The molecule has 0 bridgehead atoms. The molecule has 0 aliphatic carbocycles. The summed E-state index contributed by atoms with van der Waals surface area (Å²) in [4.78, 5) is 12.8. The molecule has 0 spiro atoms. The van der Waals surface area contributed by atoms with Crippen LogP contribution in [0.1, 0.15) is 46.8 Å². The Balaban J connectivity index is 1.38. The molecule has 1 atom stereocenters. The molecule has 2 N–H and O–H groups in total. The molecule has 1 heterocycles. The first kappa shape index (κ1) is 27.3. The van der Waals surface area contributed by atoms with Crippen molar-refractivity contribution in [2.24, 2.45) is 5.73 Å². The Morgan fingerprint density at radius 3 is 2.46 bits per heavy atom. The van der Waals surface area contributed by atoms with Crippen LogP contribution in [0.3, 0.4) is 0 Å². The molecule has 0 saturated heterocycles. The number of carbonyl (C=O) groups excluding carboxylic acids is 1. The first-order valence-corrected chi connectivity index (χ1v) is 13.0. The Morgan fingerprint density at radius 1 is 0.976 bits per heavy atom. The van der Waals surface area contributed by atoms with Crippen LogP contribution in [-0.4, -0.2) is 12.1 Å². The molecule has 0 aromatic heterocycles. The summed E-state index contributed by atoms with van der Waals surface area (Å²) in [6.07, 6.45) is 0.0176. The molecule has 206 valence electrons. The second-order valence-corrected chi connectivity index (χ2v) is 9.66. The third-order valence-corrected chi connectivity index (χ3v) is 6.41. The van der Waals surface area contributed by atoms with Crippen molar-refractivity contribution in [3.63, 3.8) is 0 Å². The van der Waals surface area contributed by atoms with Crippen molar-refractivity contribution < 1.29 is 28.1 Å². The van der Waals surface area contributed by atoms with E-state index in [0.717, 1.165) is 5.56 Å². The summed E-state index contributed by atoms with van der Waals surface area (Å²) in [5.41, 5.74) is 8.57. The molecule has 4 aromatic carbocycles. The number of ether oxygens (including phenoxy) is 4. The van der Waals surface area contributed by atoms with E-state index >= 15 is 0 Å². The molecule has 0 amide bonds. The van der Waals surface area contributed by atoms with Crippen molar-refractivity contribution in [1.82, 2.24) is 0 Å². The normalized spacial score (nSPS) is 14.1. The molecular formula is C33H27FN2O5. The van der Waals surface area contributed by atoms with Gasteiger partial charge < -0.3 is 24.7 Å². The van der Waals surface area contributed by atoms with Crippen molar-refractivity contribution in [3.05, 3.63) is 131 Å². The van der Waals surface area contributed by atoms with Crippen molar-refractivity contribution in [2.45, 2.75) is 32.5 Å². The number of fused-ring (bicyclic) bond motifs is 1. The van der Waals surface area contributed by atoms with Crippen LogP contribution in [0.2, 0.25) is 0 Å². The zero-order chi connectivity index (χ0) is 28.9. The lowest BCUT2D eigenvalue weighted by Gasteiger charge is -2.27. The smallest absolute Gasteiger partial charge is 0.343 e. The van der Waals surface area contributed by atoms with E-state index in [1.807, 2.05) is 19.9 Å². The maximum atomic E-state index is 14.0. The molecule has 7 nitrogen and oxygen atoms in total. The summed E-state index contributed by atoms with van der Waals surface area (Å²) in [5, 5.41) is 9.92. The van der Waals surface area contributed by atoms with E-state index in [1.54, 1.807) is 78.9 Å². The molecule has 4 aromatic rings. The molecule has 0 fully saturated rings. The Bertz CT molecular complexity index is 1660. The van der Waals surface area contributed by atoms with Crippen molar-refractivity contribution >= 4 is 5.97 Å². The highest BCUT2D eigenvalue weighted by Crippen LogP contribution is 2.44. The van der Waals surface area contributed by atoms with Crippen LogP contribution in [0, 0.1) is 17.1 Å². The molecule has 0 saturated carbocycles. The van der Waals surface area contributed by atoms with E-state index in [0.29, 0.717) is 33.9 Å². The summed E-state index contributed by atoms with van der Waals surface area (Å²) < 4.78 is 36.9. The van der Waals surface area contributed by atoms with Gasteiger partial charge in [0.25, 0.3) is 0 Å². The number of nitriles is 1. The first-order valence-electron chi connectivity index (χ1n) is 13.0. The summed E-state index contributed by atoms with van der Waals surface area (Å²) >= 11 is 0. The maximum absolute atomic E-state index is 14.0. The van der Waals surface area contributed by atoms with Crippen LogP contribution >= 0.6 is 0 Å². The van der Waals surface area contributed by atoms with Crippen LogP contribution in [-0.2, 0) is 6.61 Å². The molecule has 0 radical (unpaired) electrons. The largest absolute Gasteiger partial charge is 0.491 e. The fourth-order valence-corrected chi connectivity index (χ4v) is 4.51. The van der Waals surface area contributed by atoms with Gasteiger partial charge >= 0.3 is 5.97 Å². The summed E-state index contributed by atoms with van der Waals surface area (Å²) in [6, 6.07) is 27.4. The number of allylic oxidation sites excluding steroid dienone is 1. The van der Waals surface area contributed by atoms with E-state index in [4.69, 9.17) is 24.7 Å². The number of esters is 1.